The predicted octanol–water partition coefficient (Wildman–Crippen LogP) is 3.13. The van der Waals surface area contributed by atoms with Crippen molar-refractivity contribution in [1.29, 1.82) is 0 Å². The van der Waals surface area contributed by atoms with Crippen LogP contribution in [0.5, 0.6) is 11.5 Å². The lowest BCUT2D eigenvalue weighted by atomic mass is 10.2. The van der Waals surface area contributed by atoms with Gasteiger partial charge < -0.3 is 14.3 Å². The van der Waals surface area contributed by atoms with E-state index in [-0.39, 0.29) is 0 Å². The summed E-state index contributed by atoms with van der Waals surface area (Å²) in [7, 11) is 3.27. The summed E-state index contributed by atoms with van der Waals surface area (Å²) in [5.74, 6) is 1.62. The number of nitrogens with zero attached hydrogens (tertiary/aromatic N) is 1. The molecule has 2 aromatic rings. The van der Waals surface area contributed by atoms with E-state index in [1.165, 1.54) is 0 Å². The van der Waals surface area contributed by atoms with E-state index in [9.17, 15) is 0 Å². The zero-order valence-corrected chi connectivity index (χ0v) is 11.5. The Labute approximate surface area is 118 Å². The number of hydrogen-bond donors (Lipinski definition) is 0. The minimum absolute atomic E-state index is 0.396. The molecule has 2 rings (SSSR count). The largest absolute Gasteiger partial charge is 0.497 e. The van der Waals surface area contributed by atoms with Crippen molar-refractivity contribution in [2.45, 2.75) is 6.61 Å². The van der Waals surface area contributed by atoms with E-state index in [0.29, 0.717) is 6.61 Å². The summed E-state index contributed by atoms with van der Waals surface area (Å²) in [5, 5.41) is 3.81. The molecular formula is C16H16NO3. The Kier molecular flexibility index (Phi) is 5.00. The molecule has 0 saturated carbocycles. The Hall–Kier alpha value is -2.49. The molecule has 0 aliphatic carbocycles. The van der Waals surface area contributed by atoms with Gasteiger partial charge in [-0.05, 0) is 42.0 Å². The maximum atomic E-state index is 5.20. The molecule has 0 saturated heterocycles. The van der Waals surface area contributed by atoms with E-state index in [1.807, 2.05) is 48.5 Å². The second-order valence-electron chi connectivity index (χ2n) is 4.05. The number of ether oxygens (including phenoxy) is 2. The van der Waals surface area contributed by atoms with Crippen LogP contribution in [0.1, 0.15) is 11.1 Å². The van der Waals surface area contributed by atoms with E-state index in [2.05, 4.69) is 11.4 Å². The summed E-state index contributed by atoms with van der Waals surface area (Å²) in [5.41, 5.74) is 1.85. The van der Waals surface area contributed by atoms with Crippen molar-refractivity contribution in [3.05, 3.63) is 59.7 Å². The van der Waals surface area contributed by atoms with Gasteiger partial charge >= 0.3 is 0 Å². The van der Waals surface area contributed by atoms with Crippen LogP contribution in [0, 0.1) is 0 Å². The fourth-order valence-corrected chi connectivity index (χ4v) is 1.58. The van der Waals surface area contributed by atoms with Crippen LogP contribution < -0.4 is 9.47 Å². The molecule has 0 heterocycles. The minimum Gasteiger partial charge on any atom is -0.497 e. The molecule has 0 aliphatic heterocycles. The van der Waals surface area contributed by atoms with Gasteiger partial charge in [0.25, 0.3) is 0 Å². The topological polar surface area (TPSA) is 40.0 Å². The molecule has 0 spiro atoms. The monoisotopic (exact) mass is 270 g/mol. The third-order valence-corrected chi connectivity index (χ3v) is 2.72. The first-order chi connectivity index (χ1) is 9.81. The maximum Gasteiger partial charge on any atom is 0.142 e. The van der Waals surface area contributed by atoms with E-state index < -0.39 is 0 Å². The SMILES string of the molecule is COc1ccc(/[C]=N\OCc2ccc(OC)cc2)cc1. The van der Waals surface area contributed by atoms with E-state index in [1.54, 1.807) is 14.2 Å². The van der Waals surface area contributed by atoms with Gasteiger partial charge in [0, 0.05) is 5.56 Å². The molecule has 2 aromatic carbocycles. The van der Waals surface area contributed by atoms with Crippen molar-refractivity contribution < 1.29 is 14.3 Å². The molecule has 0 atom stereocenters. The Morgan fingerprint density at radius 3 is 1.95 bits per heavy atom. The number of hydrogen-bond acceptors (Lipinski definition) is 4. The molecule has 0 unspecified atom stereocenters. The predicted molar refractivity (Wildman–Crippen MR) is 77.3 cm³/mol. The van der Waals surface area contributed by atoms with Crippen LogP contribution in [0.4, 0.5) is 0 Å². The molecule has 4 heteroatoms. The first-order valence-electron chi connectivity index (χ1n) is 6.17. The lowest BCUT2D eigenvalue weighted by Gasteiger charge is -2.02. The van der Waals surface area contributed by atoms with Gasteiger partial charge in [-0.3, -0.25) is 0 Å². The number of methoxy groups -OCH3 is 2. The van der Waals surface area contributed by atoms with Crippen LogP contribution in [0.15, 0.2) is 53.7 Å². The van der Waals surface area contributed by atoms with Crippen LogP contribution in [0.2, 0.25) is 0 Å². The van der Waals surface area contributed by atoms with E-state index in [4.69, 9.17) is 14.3 Å². The highest BCUT2D eigenvalue weighted by Gasteiger charge is 1.95. The fraction of sp³-hybridized carbons (Fsp3) is 0.188. The van der Waals surface area contributed by atoms with Crippen LogP contribution in [0.25, 0.3) is 0 Å². The van der Waals surface area contributed by atoms with Crippen molar-refractivity contribution >= 4 is 6.21 Å². The highest BCUT2D eigenvalue weighted by molar-refractivity contribution is 5.79. The third-order valence-electron chi connectivity index (χ3n) is 2.72. The smallest absolute Gasteiger partial charge is 0.142 e. The summed E-state index contributed by atoms with van der Waals surface area (Å²) < 4.78 is 10.2. The van der Waals surface area contributed by atoms with Crippen molar-refractivity contribution in [3.8, 4) is 11.5 Å². The minimum atomic E-state index is 0.396. The molecule has 0 fully saturated rings. The standard InChI is InChI=1S/C16H16NO3/c1-18-15-7-3-13(4-8-15)11-17-20-12-14-5-9-16(19-2)10-6-14/h3-10H,12H2,1-2H3. The van der Waals surface area contributed by atoms with Gasteiger partial charge in [0.15, 0.2) is 0 Å². The summed E-state index contributed by atoms with van der Waals surface area (Å²) >= 11 is 0. The normalized spacial score (nSPS) is 10.5. The highest BCUT2D eigenvalue weighted by Crippen LogP contribution is 2.12. The van der Waals surface area contributed by atoms with Crippen LogP contribution in [-0.2, 0) is 11.4 Å². The van der Waals surface area contributed by atoms with Gasteiger partial charge in [0.2, 0.25) is 0 Å². The van der Waals surface area contributed by atoms with Gasteiger partial charge in [0.1, 0.15) is 24.3 Å². The van der Waals surface area contributed by atoms with Gasteiger partial charge in [0.05, 0.1) is 14.2 Å². The van der Waals surface area contributed by atoms with Gasteiger partial charge in [-0.2, -0.15) is 0 Å². The summed E-state index contributed by atoms with van der Waals surface area (Å²) in [6, 6.07) is 15.1. The van der Waals surface area contributed by atoms with E-state index >= 15 is 0 Å². The maximum absolute atomic E-state index is 5.20. The molecule has 0 N–H and O–H groups in total. The molecule has 0 aromatic heterocycles. The van der Waals surface area contributed by atoms with Crippen LogP contribution in [-0.4, -0.2) is 20.4 Å². The van der Waals surface area contributed by atoms with Crippen molar-refractivity contribution in [3.63, 3.8) is 0 Å². The molecule has 1 radical (unpaired) electrons. The first-order valence-corrected chi connectivity index (χ1v) is 6.17. The third kappa shape index (κ3) is 4.02. The quantitative estimate of drug-likeness (QED) is 0.598. The molecule has 0 bridgehead atoms. The Morgan fingerprint density at radius 1 is 0.850 bits per heavy atom. The van der Waals surface area contributed by atoms with E-state index in [0.717, 1.165) is 22.6 Å². The average Bonchev–Trinajstić information content (AvgIpc) is 2.53. The van der Waals surface area contributed by atoms with Crippen molar-refractivity contribution in [1.82, 2.24) is 0 Å². The lowest BCUT2D eigenvalue weighted by molar-refractivity contribution is 0.132. The second kappa shape index (κ2) is 7.19. The van der Waals surface area contributed by atoms with Crippen molar-refractivity contribution in [2.24, 2.45) is 5.16 Å². The summed E-state index contributed by atoms with van der Waals surface area (Å²) in [6.07, 6.45) is 2.81. The van der Waals surface area contributed by atoms with Crippen LogP contribution in [0.3, 0.4) is 0 Å². The summed E-state index contributed by atoms with van der Waals surface area (Å²) in [4.78, 5) is 5.20. The molecular weight excluding hydrogens is 254 g/mol. The molecule has 4 nitrogen and oxygen atoms in total. The average molecular weight is 270 g/mol. The molecule has 20 heavy (non-hydrogen) atoms. The number of rotatable bonds is 6. The molecule has 103 valence electrons. The van der Waals surface area contributed by atoms with Gasteiger partial charge in [-0.1, -0.05) is 17.3 Å². The Balaban J connectivity index is 1.83. The van der Waals surface area contributed by atoms with Gasteiger partial charge in [-0.15, -0.1) is 0 Å². The zero-order chi connectivity index (χ0) is 14.2. The fourth-order valence-electron chi connectivity index (χ4n) is 1.58. The van der Waals surface area contributed by atoms with Crippen molar-refractivity contribution in [2.75, 3.05) is 14.2 Å². The first kappa shape index (κ1) is 13.9. The van der Waals surface area contributed by atoms with Crippen LogP contribution >= 0.6 is 0 Å². The number of benzene rings is 2. The Bertz CT molecular complexity index is 547. The second-order valence-corrected chi connectivity index (χ2v) is 4.05. The molecule has 0 amide bonds. The zero-order valence-electron chi connectivity index (χ0n) is 11.5. The Morgan fingerprint density at radius 2 is 1.40 bits per heavy atom. The van der Waals surface area contributed by atoms with Gasteiger partial charge in [-0.25, -0.2) is 0 Å². The highest BCUT2D eigenvalue weighted by atomic mass is 16.6. The molecule has 0 aliphatic rings. The lowest BCUT2D eigenvalue weighted by Crippen LogP contribution is -1.89. The summed E-state index contributed by atoms with van der Waals surface area (Å²) in [6.45, 7) is 0.396.